The van der Waals surface area contributed by atoms with Gasteiger partial charge in [0, 0.05) is 5.56 Å². The minimum absolute atomic E-state index is 0.0184. The first kappa shape index (κ1) is 24.8. The molecule has 1 saturated heterocycles. The molecule has 0 saturated carbocycles. The smallest absolute Gasteiger partial charge is 0.270 e. The zero-order chi connectivity index (χ0) is 24.9. The minimum atomic E-state index is -0.583. The Labute approximate surface area is 220 Å². The van der Waals surface area contributed by atoms with Crippen molar-refractivity contribution in [2.75, 3.05) is 11.5 Å². The molecule has 6 nitrogen and oxygen atoms in total. The van der Waals surface area contributed by atoms with Crippen molar-refractivity contribution in [3.05, 3.63) is 92.8 Å². The van der Waals surface area contributed by atoms with E-state index in [0.717, 1.165) is 0 Å². The van der Waals surface area contributed by atoms with Crippen LogP contribution in [0.5, 0.6) is 11.5 Å². The summed E-state index contributed by atoms with van der Waals surface area (Å²) in [6, 6.07) is 18.7. The molecule has 35 heavy (non-hydrogen) atoms. The van der Waals surface area contributed by atoms with Crippen LogP contribution in [0.1, 0.15) is 18.1 Å². The van der Waals surface area contributed by atoms with Gasteiger partial charge in [-0.1, -0.05) is 36.4 Å². The Morgan fingerprint density at radius 2 is 1.77 bits per heavy atom. The molecule has 0 aromatic heterocycles. The Kier molecular flexibility index (Phi) is 7.76. The fraction of sp³-hybridized carbons (Fsp3) is 0.115. The third-order valence-corrected chi connectivity index (χ3v) is 6.17. The van der Waals surface area contributed by atoms with Crippen LogP contribution in [0, 0.1) is 9.39 Å². The first-order valence-corrected chi connectivity index (χ1v) is 12.2. The molecule has 178 valence electrons. The Bertz CT molecular complexity index is 1330. The van der Waals surface area contributed by atoms with E-state index in [0.29, 0.717) is 38.5 Å². The molecule has 3 aromatic rings. The molecule has 0 atom stereocenters. The van der Waals surface area contributed by atoms with Gasteiger partial charge in [-0.3, -0.25) is 19.8 Å². The lowest BCUT2D eigenvalue weighted by Gasteiger charge is -2.28. The summed E-state index contributed by atoms with van der Waals surface area (Å²) in [6.45, 7) is 2.21. The number of hydrogen-bond acceptors (Lipinski definition) is 5. The number of halogens is 2. The summed E-state index contributed by atoms with van der Waals surface area (Å²) >= 11 is 7.31. The standard InChI is InChI=1S/C26H20FIN2O4S/c1-2-33-22-14-16(13-21(28)23(22)34-15-17-8-6-7-11-20(17)27)12-19-24(31)29-26(35)30(25(19)32)18-9-4-3-5-10-18/h3-14H,2,15H2,1H3,(H,29,31,35)/b19-12-. The van der Waals surface area contributed by atoms with E-state index < -0.39 is 11.8 Å². The van der Waals surface area contributed by atoms with Crippen molar-refractivity contribution in [2.24, 2.45) is 0 Å². The highest BCUT2D eigenvalue weighted by molar-refractivity contribution is 14.1. The first-order valence-electron chi connectivity index (χ1n) is 10.7. The van der Waals surface area contributed by atoms with E-state index in [2.05, 4.69) is 27.9 Å². The van der Waals surface area contributed by atoms with Crippen molar-refractivity contribution >= 4 is 63.5 Å². The van der Waals surface area contributed by atoms with E-state index in [-0.39, 0.29) is 23.1 Å². The largest absolute Gasteiger partial charge is 0.490 e. The Hall–Kier alpha value is -3.31. The van der Waals surface area contributed by atoms with Crippen molar-refractivity contribution in [1.82, 2.24) is 5.32 Å². The van der Waals surface area contributed by atoms with E-state index in [4.69, 9.17) is 21.7 Å². The molecule has 9 heteroatoms. The second kappa shape index (κ2) is 11.0. The molecule has 0 radical (unpaired) electrons. The lowest BCUT2D eigenvalue weighted by Crippen LogP contribution is -2.54. The molecule has 0 spiro atoms. The minimum Gasteiger partial charge on any atom is -0.490 e. The number of nitrogens with one attached hydrogen (secondary N) is 1. The van der Waals surface area contributed by atoms with Crippen molar-refractivity contribution in [1.29, 1.82) is 0 Å². The summed E-state index contributed by atoms with van der Waals surface area (Å²) < 4.78 is 26.4. The van der Waals surface area contributed by atoms with Crippen LogP contribution in [0.4, 0.5) is 10.1 Å². The predicted octanol–water partition coefficient (Wildman–Crippen LogP) is 5.24. The van der Waals surface area contributed by atoms with Crippen LogP contribution in [0.3, 0.4) is 0 Å². The van der Waals surface area contributed by atoms with Gasteiger partial charge in [-0.25, -0.2) is 4.39 Å². The highest BCUT2D eigenvalue weighted by Crippen LogP contribution is 2.36. The maximum Gasteiger partial charge on any atom is 0.270 e. The number of nitrogens with zero attached hydrogens (tertiary/aromatic N) is 1. The monoisotopic (exact) mass is 602 g/mol. The number of amides is 2. The number of carbonyl (C=O) groups excluding carboxylic acids is 2. The Balaban J connectivity index is 1.66. The molecule has 0 bridgehead atoms. The second-order valence-corrected chi connectivity index (χ2v) is 8.99. The van der Waals surface area contributed by atoms with Crippen LogP contribution >= 0.6 is 34.8 Å². The van der Waals surface area contributed by atoms with Crippen LogP contribution in [-0.2, 0) is 16.2 Å². The third kappa shape index (κ3) is 5.51. The van der Waals surface area contributed by atoms with Crippen LogP contribution in [0.15, 0.2) is 72.3 Å². The van der Waals surface area contributed by atoms with Gasteiger partial charge in [0.1, 0.15) is 18.0 Å². The zero-order valence-electron chi connectivity index (χ0n) is 18.6. The lowest BCUT2D eigenvalue weighted by molar-refractivity contribution is -0.122. The molecule has 1 aliphatic rings. The molecule has 2 amide bonds. The second-order valence-electron chi connectivity index (χ2n) is 7.44. The molecule has 1 heterocycles. The topological polar surface area (TPSA) is 67.9 Å². The zero-order valence-corrected chi connectivity index (χ0v) is 21.6. The summed E-state index contributed by atoms with van der Waals surface area (Å²) in [5, 5.41) is 2.59. The molecular weight excluding hydrogens is 582 g/mol. The Morgan fingerprint density at radius 3 is 2.49 bits per heavy atom. The van der Waals surface area contributed by atoms with Gasteiger partial charge >= 0.3 is 0 Å². The molecule has 1 N–H and O–H groups in total. The first-order chi connectivity index (χ1) is 16.9. The number of hydrogen-bond donors (Lipinski definition) is 1. The highest BCUT2D eigenvalue weighted by Gasteiger charge is 2.34. The van der Waals surface area contributed by atoms with Gasteiger partial charge in [0.25, 0.3) is 11.8 Å². The molecule has 0 aliphatic carbocycles. The summed E-state index contributed by atoms with van der Waals surface area (Å²) in [5.74, 6) is -0.603. The fourth-order valence-corrected chi connectivity index (χ4v) is 4.54. The number of para-hydroxylation sites is 1. The summed E-state index contributed by atoms with van der Waals surface area (Å²) in [6.07, 6.45) is 1.49. The van der Waals surface area contributed by atoms with Crippen LogP contribution in [0.2, 0.25) is 0 Å². The maximum atomic E-state index is 14.0. The number of anilines is 1. The number of ether oxygens (including phenoxy) is 2. The SMILES string of the molecule is CCOc1cc(/C=C2/C(=O)NC(=S)N(c3ccccc3)C2=O)cc(I)c1OCc1ccccc1F. The van der Waals surface area contributed by atoms with E-state index >= 15 is 0 Å². The van der Waals surface area contributed by atoms with Gasteiger partial charge in [-0.05, 0) is 83.7 Å². The molecule has 0 unspecified atom stereocenters. The normalized spacial score (nSPS) is 14.8. The average molecular weight is 602 g/mol. The van der Waals surface area contributed by atoms with E-state index in [1.165, 1.54) is 17.0 Å². The number of rotatable bonds is 7. The number of benzene rings is 3. The summed E-state index contributed by atoms with van der Waals surface area (Å²) in [5.41, 5.74) is 1.46. The van der Waals surface area contributed by atoms with Gasteiger partial charge in [-0.15, -0.1) is 0 Å². The van der Waals surface area contributed by atoms with E-state index in [1.54, 1.807) is 54.6 Å². The van der Waals surface area contributed by atoms with Crippen molar-refractivity contribution in [3.8, 4) is 11.5 Å². The molecule has 4 rings (SSSR count). The Morgan fingerprint density at radius 1 is 1.06 bits per heavy atom. The average Bonchev–Trinajstić information content (AvgIpc) is 2.83. The van der Waals surface area contributed by atoms with Crippen molar-refractivity contribution in [2.45, 2.75) is 13.5 Å². The molecule has 1 fully saturated rings. The van der Waals surface area contributed by atoms with Crippen molar-refractivity contribution < 1.29 is 23.5 Å². The summed E-state index contributed by atoms with van der Waals surface area (Å²) in [4.78, 5) is 27.1. The van der Waals surface area contributed by atoms with Gasteiger partial charge < -0.3 is 9.47 Å². The van der Waals surface area contributed by atoms with E-state index in [9.17, 15) is 14.0 Å². The highest BCUT2D eigenvalue weighted by atomic mass is 127. The van der Waals surface area contributed by atoms with Gasteiger partial charge in [0.2, 0.25) is 0 Å². The molecule has 1 aliphatic heterocycles. The quantitative estimate of drug-likeness (QED) is 0.174. The lowest BCUT2D eigenvalue weighted by atomic mass is 10.1. The van der Waals surface area contributed by atoms with Gasteiger partial charge in [0.05, 0.1) is 15.9 Å². The molecule has 3 aromatic carbocycles. The number of thiocarbonyl (C=S) groups is 1. The van der Waals surface area contributed by atoms with Gasteiger partial charge in [-0.2, -0.15) is 0 Å². The van der Waals surface area contributed by atoms with Crippen molar-refractivity contribution in [3.63, 3.8) is 0 Å². The van der Waals surface area contributed by atoms with Crippen LogP contribution in [0.25, 0.3) is 6.08 Å². The van der Waals surface area contributed by atoms with Gasteiger partial charge in [0.15, 0.2) is 16.6 Å². The fourth-order valence-electron chi connectivity index (χ4n) is 3.48. The van der Waals surface area contributed by atoms with Crippen LogP contribution in [-0.4, -0.2) is 23.5 Å². The third-order valence-electron chi connectivity index (χ3n) is 5.09. The van der Waals surface area contributed by atoms with Crippen LogP contribution < -0.4 is 19.7 Å². The number of carbonyl (C=O) groups is 2. The maximum absolute atomic E-state index is 14.0. The van der Waals surface area contributed by atoms with E-state index in [1.807, 2.05) is 13.0 Å². The molecular formula is C26H20FIN2O4S. The predicted molar refractivity (Wildman–Crippen MR) is 144 cm³/mol. The summed E-state index contributed by atoms with van der Waals surface area (Å²) in [7, 11) is 0.